The molecule has 6 heteroatoms. The third-order valence-electron chi connectivity index (χ3n) is 3.74. The monoisotopic (exact) mass is 447 g/mol. The van der Waals surface area contributed by atoms with E-state index in [9.17, 15) is 0 Å². The molecule has 1 aromatic carbocycles. The normalized spacial score (nSPS) is 14.0. The predicted molar refractivity (Wildman–Crippen MR) is 110 cm³/mol. The molecule has 0 radical (unpaired) electrons. The van der Waals surface area contributed by atoms with Gasteiger partial charge >= 0.3 is 0 Å². The van der Waals surface area contributed by atoms with Crippen molar-refractivity contribution in [3.05, 3.63) is 29.3 Å². The third-order valence-corrected chi connectivity index (χ3v) is 3.74. The Balaban J connectivity index is 0.00000288. The van der Waals surface area contributed by atoms with Gasteiger partial charge in [-0.1, -0.05) is 12.1 Å². The molecule has 0 amide bonds. The van der Waals surface area contributed by atoms with E-state index in [1.54, 1.807) is 7.11 Å². The molecule has 1 saturated carbocycles. The van der Waals surface area contributed by atoms with Crippen molar-refractivity contribution >= 4 is 29.9 Å². The summed E-state index contributed by atoms with van der Waals surface area (Å²) < 4.78 is 11.1. The molecule has 0 spiro atoms. The molecule has 1 aliphatic carbocycles. The van der Waals surface area contributed by atoms with Gasteiger partial charge in [0.1, 0.15) is 5.75 Å². The molecule has 2 rings (SSSR count). The minimum absolute atomic E-state index is 0. The molecule has 0 heterocycles. The zero-order valence-corrected chi connectivity index (χ0v) is 17.3. The number of rotatable bonds is 9. The molecular weight excluding hydrogens is 417 g/mol. The molecule has 0 atom stereocenters. The number of methoxy groups -OCH3 is 1. The van der Waals surface area contributed by atoms with Crippen LogP contribution in [0, 0.1) is 12.8 Å². The van der Waals surface area contributed by atoms with Crippen molar-refractivity contribution in [2.45, 2.75) is 33.2 Å². The van der Waals surface area contributed by atoms with Crippen LogP contribution in [0.15, 0.2) is 23.2 Å². The molecule has 0 saturated heterocycles. The summed E-state index contributed by atoms with van der Waals surface area (Å²) in [5, 5.41) is 6.50. The molecule has 0 bridgehead atoms. The maximum absolute atomic E-state index is 6.00. The van der Waals surface area contributed by atoms with Crippen molar-refractivity contribution in [2.24, 2.45) is 10.9 Å². The van der Waals surface area contributed by atoms with E-state index in [4.69, 9.17) is 9.47 Å². The molecule has 1 fully saturated rings. The summed E-state index contributed by atoms with van der Waals surface area (Å²) in [5.41, 5.74) is 2.34. The first-order valence-electron chi connectivity index (χ1n) is 8.46. The Morgan fingerprint density at radius 1 is 1.29 bits per heavy atom. The summed E-state index contributed by atoms with van der Waals surface area (Å²) in [4.78, 5) is 4.65. The van der Waals surface area contributed by atoms with Gasteiger partial charge in [-0.3, -0.25) is 0 Å². The molecule has 136 valence electrons. The lowest BCUT2D eigenvalue weighted by Crippen LogP contribution is -2.38. The molecule has 0 aliphatic heterocycles. The zero-order chi connectivity index (χ0) is 16.5. The van der Waals surface area contributed by atoms with Crippen LogP contribution in [-0.4, -0.2) is 39.4 Å². The van der Waals surface area contributed by atoms with E-state index in [0.717, 1.165) is 42.9 Å². The van der Waals surface area contributed by atoms with E-state index in [1.165, 1.54) is 18.4 Å². The number of nitrogens with zero attached hydrogens (tertiary/aromatic N) is 1. The van der Waals surface area contributed by atoms with Crippen molar-refractivity contribution in [3.63, 3.8) is 0 Å². The molecule has 1 aliphatic rings. The largest absolute Gasteiger partial charge is 0.493 e. The number of hydrogen-bond donors (Lipinski definition) is 2. The highest BCUT2D eigenvalue weighted by Gasteiger charge is 2.22. The van der Waals surface area contributed by atoms with Crippen LogP contribution in [0.25, 0.3) is 0 Å². The summed E-state index contributed by atoms with van der Waals surface area (Å²) in [6.07, 6.45) is 2.60. The smallest absolute Gasteiger partial charge is 0.191 e. The fourth-order valence-electron chi connectivity index (χ4n) is 2.20. The SMILES string of the molecule is CCNC(=NCc1ccc(C)cc1OCC1CC1)NCCOC.I. The summed E-state index contributed by atoms with van der Waals surface area (Å²) in [7, 11) is 1.70. The van der Waals surface area contributed by atoms with E-state index in [0.29, 0.717) is 13.2 Å². The Bertz CT molecular complexity index is 519. The van der Waals surface area contributed by atoms with Crippen LogP contribution in [0.1, 0.15) is 30.9 Å². The van der Waals surface area contributed by atoms with Gasteiger partial charge in [0.2, 0.25) is 0 Å². The van der Waals surface area contributed by atoms with Crippen molar-refractivity contribution < 1.29 is 9.47 Å². The van der Waals surface area contributed by atoms with Crippen molar-refractivity contribution in [2.75, 3.05) is 33.4 Å². The molecule has 0 unspecified atom stereocenters. The van der Waals surface area contributed by atoms with Crippen LogP contribution in [0.3, 0.4) is 0 Å². The predicted octanol–water partition coefficient (Wildman–Crippen LogP) is 3.10. The van der Waals surface area contributed by atoms with Crippen molar-refractivity contribution in [3.8, 4) is 5.75 Å². The van der Waals surface area contributed by atoms with Crippen LogP contribution >= 0.6 is 24.0 Å². The van der Waals surface area contributed by atoms with Gasteiger partial charge in [0, 0.05) is 25.8 Å². The first-order valence-corrected chi connectivity index (χ1v) is 8.46. The number of hydrogen-bond acceptors (Lipinski definition) is 3. The highest BCUT2D eigenvalue weighted by molar-refractivity contribution is 14.0. The fraction of sp³-hybridized carbons (Fsp3) is 0.611. The van der Waals surface area contributed by atoms with Gasteiger partial charge in [0.15, 0.2) is 5.96 Å². The average Bonchev–Trinajstić information content (AvgIpc) is 3.36. The van der Waals surface area contributed by atoms with Crippen LogP contribution < -0.4 is 15.4 Å². The molecular formula is C18H30IN3O2. The number of nitrogens with one attached hydrogen (secondary N) is 2. The molecule has 5 nitrogen and oxygen atoms in total. The zero-order valence-electron chi connectivity index (χ0n) is 14.9. The first kappa shape index (κ1) is 21.0. The molecule has 0 aromatic heterocycles. The standard InChI is InChI=1S/C18H29N3O2.HI/c1-4-19-18(20-9-10-22-3)21-12-16-8-5-14(2)11-17(16)23-13-15-6-7-15;/h5,8,11,15H,4,6-7,9-10,12-13H2,1-3H3,(H2,19,20,21);1H. The quantitative estimate of drug-likeness (QED) is 0.265. The van der Waals surface area contributed by atoms with E-state index in [1.807, 2.05) is 0 Å². The Labute approximate surface area is 162 Å². The summed E-state index contributed by atoms with van der Waals surface area (Å²) in [6, 6.07) is 6.33. The van der Waals surface area contributed by atoms with Gasteiger partial charge in [-0.05, 0) is 44.2 Å². The maximum Gasteiger partial charge on any atom is 0.191 e. The first-order chi connectivity index (χ1) is 11.2. The van der Waals surface area contributed by atoms with E-state index >= 15 is 0 Å². The number of halogens is 1. The lowest BCUT2D eigenvalue weighted by molar-refractivity contribution is 0.203. The van der Waals surface area contributed by atoms with Crippen molar-refractivity contribution in [1.82, 2.24) is 10.6 Å². The van der Waals surface area contributed by atoms with Crippen molar-refractivity contribution in [1.29, 1.82) is 0 Å². The van der Waals surface area contributed by atoms with Gasteiger partial charge in [-0.2, -0.15) is 0 Å². The second-order valence-corrected chi connectivity index (χ2v) is 5.98. The summed E-state index contributed by atoms with van der Waals surface area (Å²) in [6.45, 7) is 7.80. The summed E-state index contributed by atoms with van der Waals surface area (Å²) in [5.74, 6) is 2.52. The number of guanidine groups is 1. The molecule has 1 aromatic rings. The van der Waals surface area contributed by atoms with Crippen LogP contribution in [0.4, 0.5) is 0 Å². The summed E-state index contributed by atoms with van der Waals surface area (Å²) >= 11 is 0. The molecule has 24 heavy (non-hydrogen) atoms. The Morgan fingerprint density at radius 3 is 2.75 bits per heavy atom. The highest BCUT2D eigenvalue weighted by Crippen LogP contribution is 2.30. The fourth-order valence-corrected chi connectivity index (χ4v) is 2.20. The van der Waals surface area contributed by atoms with E-state index < -0.39 is 0 Å². The second kappa shape index (κ2) is 11.5. The number of aryl methyl sites for hydroxylation is 1. The van der Waals surface area contributed by atoms with Gasteiger partial charge in [-0.25, -0.2) is 4.99 Å². The maximum atomic E-state index is 6.00. The number of aliphatic imine (C=N–C) groups is 1. The number of benzene rings is 1. The van der Waals surface area contributed by atoms with E-state index in [2.05, 4.69) is 47.7 Å². The third kappa shape index (κ3) is 7.70. The van der Waals surface area contributed by atoms with E-state index in [-0.39, 0.29) is 24.0 Å². The second-order valence-electron chi connectivity index (χ2n) is 5.98. The van der Waals surface area contributed by atoms with Gasteiger partial charge in [0.25, 0.3) is 0 Å². The lowest BCUT2D eigenvalue weighted by atomic mass is 10.1. The molecule has 2 N–H and O–H groups in total. The Hall–Kier alpha value is -1.02. The minimum Gasteiger partial charge on any atom is -0.493 e. The lowest BCUT2D eigenvalue weighted by Gasteiger charge is -2.13. The van der Waals surface area contributed by atoms with Gasteiger partial charge in [0.05, 0.1) is 19.8 Å². The van der Waals surface area contributed by atoms with Crippen LogP contribution in [0.5, 0.6) is 5.75 Å². The van der Waals surface area contributed by atoms with Gasteiger partial charge in [-0.15, -0.1) is 24.0 Å². The topological polar surface area (TPSA) is 54.9 Å². The van der Waals surface area contributed by atoms with Gasteiger partial charge < -0.3 is 20.1 Å². The Morgan fingerprint density at radius 2 is 2.08 bits per heavy atom. The van der Waals surface area contributed by atoms with Crippen LogP contribution in [0.2, 0.25) is 0 Å². The number of ether oxygens (including phenoxy) is 2. The van der Waals surface area contributed by atoms with Crippen LogP contribution in [-0.2, 0) is 11.3 Å². The Kier molecular flexibility index (Phi) is 10.1. The highest BCUT2D eigenvalue weighted by atomic mass is 127. The minimum atomic E-state index is 0. The average molecular weight is 447 g/mol.